The zero-order valence-electron chi connectivity index (χ0n) is 34.8. The van der Waals surface area contributed by atoms with Crippen LogP contribution in [-0.4, -0.2) is 33.0 Å². The Morgan fingerprint density at radius 2 is 0.797 bits per heavy atom. The molecule has 2 aliphatic heterocycles. The highest BCUT2D eigenvalue weighted by Crippen LogP contribution is 2.41. The minimum Gasteiger partial charge on any atom is -1.00 e. The Labute approximate surface area is 418 Å². The van der Waals surface area contributed by atoms with E-state index in [-0.39, 0.29) is 95.2 Å². The van der Waals surface area contributed by atoms with E-state index in [1.807, 2.05) is 133 Å². The Morgan fingerprint density at radius 1 is 0.469 bits per heavy atom. The molecule has 6 aromatic heterocycles. The lowest BCUT2D eigenvalue weighted by Gasteiger charge is -2.14. The first-order chi connectivity index (χ1) is 29.6. The third kappa shape index (κ3) is 9.23. The van der Waals surface area contributed by atoms with Crippen LogP contribution in [0.5, 0.6) is 0 Å². The van der Waals surface area contributed by atoms with Gasteiger partial charge in [0.1, 0.15) is 26.8 Å². The number of aromatic nitrogens is 7. The summed E-state index contributed by atoms with van der Waals surface area (Å²) in [5.74, 6) is -6.20. The lowest BCUT2D eigenvalue weighted by Crippen LogP contribution is -3.00. The van der Waals surface area contributed by atoms with Gasteiger partial charge in [-0.3, -0.25) is 0 Å². The molecule has 0 amide bonds. The van der Waals surface area contributed by atoms with Crippen LogP contribution >= 0.6 is 0 Å². The number of aromatic amines is 2. The summed E-state index contributed by atoms with van der Waals surface area (Å²) in [4.78, 5) is 17.3. The topological polar surface area (TPSA) is 107 Å². The molecule has 0 aliphatic carbocycles. The van der Waals surface area contributed by atoms with E-state index in [1.165, 1.54) is 0 Å². The average Bonchev–Trinajstić information content (AvgIpc) is 4.11. The molecule has 0 saturated heterocycles. The number of rotatable bonds is 9. The van der Waals surface area contributed by atoms with Crippen LogP contribution in [0.15, 0.2) is 97.8 Å². The van der Waals surface area contributed by atoms with Crippen LogP contribution in [0, 0.1) is 23.3 Å². The zero-order valence-corrected chi connectivity index (χ0v) is 41.3. The lowest BCUT2D eigenvalue weighted by atomic mass is 10.0. The van der Waals surface area contributed by atoms with E-state index in [9.17, 15) is 0 Å². The summed E-state index contributed by atoms with van der Waals surface area (Å²) < 4.78 is 71.0. The number of nitrogens with zero attached hydrogens (tertiary/aromatic N) is 5. The molecule has 5 N–H and O–H groups in total. The molecule has 64 heavy (non-hydrogen) atoms. The summed E-state index contributed by atoms with van der Waals surface area (Å²) in [5, 5.41) is 2.54. The van der Waals surface area contributed by atoms with Crippen LogP contribution in [-0.2, 0) is 21.1 Å². The molecule has 9 nitrogen and oxygen atoms in total. The van der Waals surface area contributed by atoms with Gasteiger partial charge in [-0.05, 0) is 84.6 Å². The number of hydrogen-bond acceptors (Lipinski definition) is 4. The van der Waals surface area contributed by atoms with Gasteiger partial charge in [0.05, 0.1) is 28.3 Å². The van der Waals surface area contributed by atoms with Crippen LogP contribution in [0.4, 0.5) is 23.2 Å². The number of benzene rings is 1. The number of fused-ring (bicyclic) bond motifs is 8. The largest absolute Gasteiger partial charge is 1.00 e. The Kier molecular flexibility index (Phi) is 15.4. The molecule has 0 fully saturated rings. The first-order valence-corrected chi connectivity index (χ1v) is 19.9. The number of anilines is 1. The molecular weight excluding hydrogens is 1160 g/mol. The third-order valence-corrected chi connectivity index (χ3v) is 11.0. The van der Waals surface area contributed by atoms with Gasteiger partial charge in [-0.25, -0.2) is 41.2 Å². The summed E-state index contributed by atoms with van der Waals surface area (Å²) in [5.41, 5.74) is 12.5. The van der Waals surface area contributed by atoms with Crippen molar-refractivity contribution in [3.05, 3.63) is 144 Å². The van der Waals surface area contributed by atoms with Crippen molar-refractivity contribution in [1.82, 2.24) is 19.9 Å². The SMILES string of the molecule is C[n+]1ccc(-c2c3nc(c(-c4cc[n+](C)cc4)c4ccc([nH]4)c(-c4c(F)c(F)c(NCCCCN)c(F)c4F)c4nc(c(-c5cc[n+](C)cc5)c5ccc2[nH]5)C=C4)C=C3)cc1.[I-].[I-].[I-]. The third-order valence-electron chi connectivity index (χ3n) is 11.0. The number of unbranched alkanes of at least 4 members (excludes halogenated alkanes) is 1. The van der Waals surface area contributed by atoms with Crippen molar-refractivity contribution in [1.29, 1.82) is 0 Å². The first-order valence-electron chi connectivity index (χ1n) is 19.9. The van der Waals surface area contributed by atoms with E-state index in [0.717, 1.165) is 27.8 Å². The summed E-state index contributed by atoms with van der Waals surface area (Å²) in [6, 6.07) is 19.2. The Bertz CT molecular complexity index is 3020. The standard InChI is InChI=1S/C48H41F4N9.3HI/c1-59-22-14-28(15-23-59)39-31-6-8-33(55-31)40(29-16-24-60(2)25-17-29)35-10-12-37(57-35)42(43-44(49)46(51)48(47(52)45(43)50)54-21-5-4-20-53)38-13-11-36(58-38)41(34-9-7-32(39)56-34)30-18-26-61(3)27-19-30;;;/h6-19,22-27H,4-5,20-21,53H2,1-3H3,(H2,54,55,56,57,58);3*1H/q+2;;;/p-2. The molecule has 8 heterocycles. The number of nitrogens with one attached hydrogen (secondary N) is 3. The second-order valence-corrected chi connectivity index (χ2v) is 15.2. The molecule has 8 bridgehead atoms. The van der Waals surface area contributed by atoms with Gasteiger partial charge in [0.25, 0.3) is 0 Å². The monoisotopic (exact) mass is 1200 g/mol. The van der Waals surface area contributed by atoms with E-state index in [2.05, 4.69) is 15.3 Å². The highest BCUT2D eigenvalue weighted by atomic mass is 127. The molecule has 2 aliphatic rings. The fourth-order valence-corrected chi connectivity index (χ4v) is 7.87. The van der Waals surface area contributed by atoms with Gasteiger partial charge >= 0.3 is 0 Å². The zero-order chi connectivity index (χ0) is 42.4. The molecule has 0 unspecified atom stereocenters. The van der Waals surface area contributed by atoms with E-state index in [4.69, 9.17) is 15.7 Å². The second-order valence-electron chi connectivity index (χ2n) is 15.2. The summed E-state index contributed by atoms with van der Waals surface area (Å²) in [6.45, 7) is 0.435. The fraction of sp³-hybridized carbons (Fsp3) is 0.146. The summed E-state index contributed by atoms with van der Waals surface area (Å²) >= 11 is 0. The molecule has 9 rings (SSSR count). The molecule has 0 atom stereocenters. The van der Waals surface area contributed by atoms with Crippen molar-refractivity contribution < 1.29 is 103 Å². The number of nitrogens with two attached hydrogens (primary N) is 1. The maximum absolute atomic E-state index is 16.6. The van der Waals surface area contributed by atoms with Crippen LogP contribution in [0.2, 0.25) is 0 Å². The van der Waals surface area contributed by atoms with Gasteiger partial charge in [0, 0.05) is 87.3 Å². The maximum atomic E-state index is 16.6. The summed E-state index contributed by atoms with van der Waals surface area (Å²) in [6.07, 6.45) is 19.9. The van der Waals surface area contributed by atoms with Crippen molar-refractivity contribution in [2.45, 2.75) is 12.8 Å². The number of H-pyrrole nitrogens is 2. The van der Waals surface area contributed by atoms with E-state index < -0.39 is 34.5 Å². The molecule has 1 aromatic carbocycles. The minimum atomic E-state index is -1.56. The minimum absolute atomic E-state index is 0. The van der Waals surface area contributed by atoms with Gasteiger partial charge in [0.2, 0.25) is 0 Å². The number of hydrogen-bond donors (Lipinski definition) is 4. The highest BCUT2D eigenvalue weighted by Gasteiger charge is 2.30. The molecule has 0 radical (unpaired) electrons. The Morgan fingerprint density at radius 3 is 1.14 bits per heavy atom. The average molecular weight is 1200 g/mol. The quantitative estimate of drug-likeness (QED) is 0.0516. The maximum Gasteiger partial charge on any atom is 0.185 e. The predicted octanol–water partition coefficient (Wildman–Crippen LogP) is -0.484. The molecule has 0 spiro atoms. The van der Waals surface area contributed by atoms with Crippen LogP contribution in [0.25, 0.3) is 90.9 Å². The smallest absolute Gasteiger partial charge is 0.185 e. The van der Waals surface area contributed by atoms with Crippen molar-refractivity contribution in [2.24, 2.45) is 26.9 Å². The molecular formula is C48H42F4I3N9. The Balaban J connectivity index is 0.00000227. The fourth-order valence-electron chi connectivity index (χ4n) is 7.87. The number of halogens is 7. The van der Waals surface area contributed by atoms with Gasteiger partial charge in [-0.2, -0.15) is 0 Å². The summed E-state index contributed by atoms with van der Waals surface area (Å²) in [7, 11) is 5.79. The van der Waals surface area contributed by atoms with Gasteiger partial charge in [-0.15, -0.1) is 0 Å². The van der Waals surface area contributed by atoms with Crippen molar-refractivity contribution in [3.8, 4) is 44.5 Å². The molecule has 7 aromatic rings. The van der Waals surface area contributed by atoms with E-state index >= 15 is 17.6 Å². The van der Waals surface area contributed by atoms with Crippen molar-refractivity contribution in [3.63, 3.8) is 0 Å². The van der Waals surface area contributed by atoms with Crippen LogP contribution < -0.4 is 96.7 Å². The van der Waals surface area contributed by atoms with E-state index in [0.29, 0.717) is 58.6 Å². The lowest BCUT2D eigenvalue weighted by molar-refractivity contribution is -0.671. The molecule has 328 valence electrons. The van der Waals surface area contributed by atoms with Gasteiger partial charge in [0.15, 0.2) is 60.4 Å². The molecule has 16 heteroatoms. The van der Waals surface area contributed by atoms with Crippen molar-refractivity contribution in [2.75, 3.05) is 18.4 Å². The van der Waals surface area contributed by atoms with Crippen molar-refractivity contribution >= 4 is 52.1 Å². The normalized spacial score (nSPS) is 11.5. The second kappa shape index (κ2) is 20.4. The molecule has 0 saturated carbocycles. The number of pyridine rings is 3. The predicted molar refractivity (Wildman–Crippen MR) is 231 cm³/mol. The number of aryl methyl sites for hydroxylation is 3. The van der Waals surface area contributed by atoms with Gasteiger partial charge < -0.3 is 92.9 Å². The first kappa shape index (κ1) is 48.4. The highest BCUT2D eigenvalue weighted by molar-refractivity contribution is 5.99. The van der Waals surface area contributed by atoms with Crippen LogP contribution in [0.1, 0.15) is 35.6 Å². The van der Waals surface area contributed by atoms with Crippen LogP contribution in [0.3, 0.4) is 0 Å². The van der Waals surface area contributed by atoms with E-state index in [1.54, 1.807) is 24.3 Å². The Hall–Kier alpha value is -5.06. The van der Waals surface area contributed by atoms with Gasteiger partial charge in [-0.1, -0.05) is 0 Å².